The van der Waals surface area contributed by atoms with Crippen molar-refractivity contribution in [2.45, 2.75) is 39.4 Å². The Morgan fingerprint density at radius 3 is 2.56 bits per heavy atom. The molecule has 1 unspecified atom stereocenters. The summed E-state index contributed by atoms with van der Waals surface area (Å²) in [4.78, 5) is 13.6. The third kappa shape index (κ3) is 5.85. The van der Waals surface area contributed by atoms with Crippen molar-refractivity contribution in [1.29, 1.82) is 0 Å². The summed E-state index contributed by atoms with van der Waals surface area (Å²) in [5.74, 6) is 0.773. The van der Waals surface area contributed by atoms with Crippen LogP contribution in [0, 0.1) is 6.92 Å². The van der Waals surface area contributed by atoms with Crippen LogP contribution in [0.2, 0.25) is 0 Å². The quantitative estimate of drug-likeness (QED) is 0.633. The van der Waals surface area contributed by atoms with Crippen LogP contribution < -0.4 is 5.32 Å². The molecule has 9 heteroatoms. The lowest BCUT2D eigenvalue weighted by Crippen LogP contribution is -2.56. The number of halogens is 3. The first-order valence-corrected chi connectivity index (χ1v) is 9.38. The molecule has 2 rings (SSSR count). The van der Waals surface area contributed by atoms with Crippen molar-refractivity contribution in [2.75, 3.05) is 39.3 Å². The zero-order chi connectivity index (χ0) is 18.4. The second-order valence-corrected chi connectivity index (χ2v) is 7.41. The van der Waals surface area contributed by atoms with Gasteiger partial charge in [-0.3, -0.25) is 9.89 Å². The molecule has 0 aromatic carbocycles. The second-order valence-electron chi connectivity index (χ2n) is 6.09. The van der Waals surface area contributed by atoms with Crippen molar-refractivity contribution in [2.24, 2.45) is 4.99 Å². The predicted octanol–water partition coefficient (Wildman–Crippen LogP) is 2.53. The maximum absolute atomic E-state index is 12.8. The zero-order valence-corrected chi connectivity index (χ0v) is 15.8. The molecule has 1 aromatic rings. The van der Waals surface area contributed by atoms with Gasteiger partial charge in [0.1, 0.15) is 6.04 Å². The van der Waals surface area contributed by atoms with E-state index < -0.39 is 12.2 Å². The molecule has 1 fully saturated rings. The van der Waals surface area contributed by atoms with Gasteiger partial charge >= 0.3 is 6.18 Å². The Morgan fingerprint density at radius 2 is 2.04 bits per heavy atom. The number of guanidine groups is 1. The van der Waals surface area contributed by atoms with Crippen LogP contribution in [-0.2, 0) is 6.42 Å². The van der Waals surface area contributed by atoms with Crippen molar-refractivity contribution in [3.8, 4) is 0 Å². The zero-order valence-electron chi connectivity index (χ0n) is 14.9. The van der Waals surface area contributed by atoms with E-state index in [1.165, 1.54) is 16.7 Å². The van der Waals surface area contributed by atoms with Crippen LogP contribution in [0.15, 0.2) is 11.2 Å². The summed E-state index contributed by atoms with van der Waals surface area (Å²) in [6, 6.07) is -1.40. The summed E-state index contributed by atoms with van der Waals surface area (Å²) in [6.45, 7) is 8.45. The molecule has 1 N–H and O–H groups in total. The van der Waals surface area contributed by atoms with Gasteiger partial charge in [0.15, 0.2) is 5.96 Å². The minimum Gasteiger partial charge on any atom is -0.357 e. The van der Waals surface area contributed by atoms with Crippen molar-refractivity contribution in [1.82, 2.24) is 20.1 Å². The van der Waals surface area contributed by atoms with Crippen LogP contribution in [-0.4, -0.2) is 72.2 Å². The van der Waals surface area contributed by atoms with Crippen molar-refractivity contribution in [3.05, 3.63) is 16.1 Å². The molecule has 1 saturated heterocycles. The Morgan fingerprint density at radius 1 is 1.36 bits per heavy atom. The van der Waals surface area contributed by atoms with Gasteiger partial charge in [0.05, 0.1) is 5.01 Å². The normalized spacial score (nSPS) is 18.5. The minimum atomic E-state index is -4.17. The number of rotatable bonds is 5. The van der Waals surface area contributed by atoms with Gasteiger partial charge in [-0.05, 0) is 20.8 Å². The molecule has 0 saturated carbocycles. The first-order valence-electron chi connectivity index (χ1n) is 8.56. The van der Waals surface area contributed by atoms with E-state index in [1.54, 1.807) is 11.3 Å². The van der Waals surface area contributed by atoms with Crippen molar-refractivity contribution < 1.29 is 13.2 Å². The third-order valence-corrected chi connectivity index (χ3v) is 5.20. The molecule has 142 valence electrons. The third-order valence-electron chi connectivity index (χ3n) is 4.23. The average molecular weight is 377 g/mol. The highest BCUT2D eigenvalue weighted by Crippen LogP contribution is 2.25. The van der Waals surface area contributed by atoms with Gasteiger partial charge in [-0.2, -0.15) is 13.2 Å². The molecular weight excluding hydrogens is 351 g/mol. The van der Waals surface area contributed by atoms with Gasteiger partial charge in [0, 0.05) is 56.8 Å². The van der Waals surface area contributed by atoms with Crippen molar-refractivity contribution >= 4 is 17.3 Å². The van der Waals surface area contributed by atoms with Gasteiger partial charge in [-0.25, -0.2) is 4.98 Å². The first kappa shape index (κ1) is 20.0. The van der Waals surface area contributed by atoms with Crippen LogP contribution in [0.3, 0.4) is 0 Å². The lowest BCUT2D eigenvalue weighted by molar-refractivity contribution is -0.181. The molecule has 0 spiro atoms. The number of hydrogen-bond acceptors (Lipinski definition) is 4. The molecule has 0 aliphatic carbocycles. The van der Waals surface area contributed by atoms with E-state index in [2.05, 4.69) is 15.3 Å². The van der Waals surface area contributed by atoms with Gasteiger partial charge in [0.2, 0.25) is 0 Å². The summed E-state index contributed by atoms with van der Waals surface area (Å²) in [5.41, 5.74) is 0. The van der Waals surface area contributed by atoms with E-state index in [-0.39, 0.29) is 0 Å². The van der Waals surface area contributed by atoms with E-state index in [4.69, 9.17) is 0 Å². The van der Waals surface area contributed by atoms with Gasteiger partial charge in [-0.15, -0.1) is 11.3 Å². The lowest BCUT2D eigenvalue weighted by Gasteiger charge is -2.39. The number of thiazole rings is 1. The predicted molar refractivity (Wildman–Crippen MR) is 95.2 cm³/mol. The Balaban J connectivity index is 1.89. The van der Waals surface area contributed by atoms with Crippen LogP contribution in [0.5, 0.6) is 0 Å². The number of nitrogens with one attached hydrogen (secondary N) is 1. The average Bonchev–Trinajstić information content (AvgIpc) is 2.98. The summed E-state index contributed by atoms with van der Waals surface area (Å²) in [5, 5.41) is 4.29. The number of nitrogens with zero attached hydrogens (tertiary/aromatic N) is 4. The Kier molecular flexibility index (Phi) is 7.06. The fourth-order valence-electron chi connectivity index (χ4n) is 2.73. The van der Waals surface area contributed by atoms with Crippen LogP contribution >= 0.6 is 11.3 Å². The maximum Gasteiger partial charge on any atom is 0.403 e. The standard InChI is InChI=1S/C16H26F3N5S/c1-4-20-15(21-6-5-14-22-11-12(2)25-14)24-9-7-23(8-10-24)13(3)16(17,18)19/h11,13H,4-10H2,1-3H3,(H,20,21). The van der Waals surface area contributed by atoms with Gasteiger partial charge < -0.3 is 10.2 Å². The van der Waals surface area contributed by atoms with Gasteiger partial charge in [0.25, 0.3) is 0 Å². The molecule has 1 aromatic heterocycles. The monoisotopic (exact) mass is 377 g/mol. The van der Waals surface area contributed by atoms with E-state index in [0.717, 1.165) is 23.9 Å². The Bertz CT molecular complexity index is 564. The second kappa shape index (κ2) is 8.84. The summed E-state index contributed by atoms with van der Waals surface area (Å²) < 4.78 is 38.5. The number of aliphatic imine (C=N–C) groups is 1. The Hall–Kier alpha value is -1.35. The highest BCUT2D eigenvalue weighted by Gasteiger charge is 2.41. The minimum absolute atomic E-state index is 0.386. The largest absolute Gasteiger partial charge is 0.403 e. The number of alkyl halides is 3. The van der Waals surface area contributed by atoms with Gasteiger partial charge in [-0.1, -0.05) is 0 Å². The van der Waals surface area contributed by atoms with E-state index in [0.29, 0.717) is 32.7 Å². The molecule has 1 aliphatic heterocycles. The number of aryl methyl sites for hydroxylation is 1. The summed E-state index contributed by atoms with van der Waals surface area (Å²) in [6.07, 6.45) is -1.54. The number of aromatic nitrogens is 1. The van der Waals surface area contributed by atoms with Crippen LogP contribution in [0.1, 0.15) is 23.7 Å². The van der Waals surface area contributed by atoms with Crippen LogP contribution in [0.25, 0.3) is 0 Å². The highest BCUT2D eigenvalue weighted by molar-refractivity contribution is 7.11. The number of hydrogen-bond donors (Lipinski definition) is 1. The molecule has 0 radical (unpaired) electrons. The summed E-state index contributed by atoms with van der Waals surface area (Å²) in [7, 11) is 0. The van der Waals surface area contributed by atoms with E-state index >= 15 is 0 Å². The molecule has 2 heterocycles. The maximum atomic E-state index is 12.8. The Labute approximate surface area is 150 Å². The van der Waals surface area contributed by atoms with E-state index in [9.17, 15) is 13.2 Å². The van der Waals surface area contributed by atoms with E-state index in [1.807, 2.05) is 24.9 Å². The lowest BCUT2D eigenvalue weighted by atomic mass is 10.2. The molecule has 1 aliphatic rings. The highest BCUT2D eigenvalue weighted by atomic mass is 32.1. The number of piperazine rings is 1. The van der Waals surface area contributed by atoms with Crippen LogP contribution in [0.4, 0.5) is 13.2 Å². The molecule has 0 bridgehead atoms. The topological polar surface area (TPSA) is 43.8 Å². The fraction of sp³-hybridized carbons (Fsp3) is 0.750. The molecule has 25 heavy (non-hydrogen) atoms. The smallest absolute Gasteiger partial charge is 0.357 e. The molecule has 5 nitrogen and oxygen atoms in total. The molecule has 1 atom stereocenters. The van der Waals surface area contributed by atoms with Crippen molar-refractivity contribution in [3.63, 3.8) is 0 Å². The molecule has 0 amide bonds. The fourth-order valence-corrected chi connectivity index (χ4v) is 3.50. The summed E-state index contributed by atoms with van der Waals surface area (Å²) >= 11 is 1.67. The SMILES string of the molecule is CCNC(=NCCc1ncc(C)s1)N1CCN(C(C)C(F)(F)F)CC1. The molecular formula is C16H26F3N5S. The first-order chi connectivity index (χ1) is 11.8.